The monoisotopic (exact) mass is 329 g/mol. The number of aliphatic hydroxyl groups is 1. The van der Waals surface area contributed by atoms with Gasteiger partial charge in [-0.1, -0.05) is 19.1 Å². The maximum Gasteiger partial charge on any atom is 0.241 e. The Kier molecular flexibility index (Phi) is 5.71. The second-order valence-electron chi connectivity index (χ2n) is 5.47. The van der Waals surface area contributed by atoms with Crippen LogP contribution in [-0.4, -0.2) is 30.6 Å². The van der Waals surface area contributed by atoms with Gasteiger partial charge in [0.25, 0.3) is 0 Å². The molecule has 0 spiro atoms. The molecule has 0 heterocycles. The lowest BCUT2D eigenvalue weighted by Crippen LogP contribution is -2.33. The highest BCUT2D eigenvalue weighted by molar-refractivity contribution is 7.99. The van der Waals surface area contributed by atoms with E-state index >= 15 is 0 Å². The molecule has 0 aromatic heterocycles. The minimum Gasteiger partial charge on any atom is -0.392 e. The predicted octanol–water partition coefficient (Wildman–Crippen LogP) is 2.44. The summed E-state index contributed by atoms with van der Waals surface area (Å²) in [6.07, 6.45) is 2.87. The lowest BCUT2D eigenvalue weighted by atomic mass is 10.2. The van der Waals surface area contributed by atoms with Crippen LogP contribution in [0.25, 0.3) is 0 Å². The van der Waals surface area contributed by atoms with Crippen LogP contribution in [0.4, 0.5) is 0 Å². The zero-order valence-corrected chi connectivity index (χ0v) is 14.1. The van der Waals surface area contributed by atoms with Gasteiger partial charge in [0.05, 0.1) is 11.5 Å². The molecule has 4 nitrogen and oxygen atoms in total. The molecule has 1 saturated carbocycles. The van der Waals surface area contributed by atoms with Crippen molar-refractivity contribution in [2.75, 3.05) is 5.75 Å². The molecule has 21 heavy (non-hydrogen) atoms. The lowest BCUT2D eigenvalue weighted by molar-refractivity contribution is 0.281. The van der Waals surface area contributed by atoms with Gasteiger partial charge in [0.2, 0.25) is 10.0 Å². The van der Waals surface area contributed by atoms with E-state index in [1.807, 2.05) is 11.8 Å². The van der Waals surface area contributed by atoms with E-state index in [1.54, 1.807) is 25.1 Å². The molecule has 2 atom stereocenters. The van der Waals surface area contributed by atoms with E-state index < -0.39 is 10.0 Å². The molecule has 2 unspecified atom stereocenters. The van der Waals surface area contributed by atoms with E-state index in [4.69, 9.17) is 0 Å². The number of thioether (sulfide) groups is 1. The van der Waals surface area contributed by atoms with Gasteiger partial charge in [-0.2, -0.15) is 11.8 Å². The Morgan fingerprint density at radius 1 is 1.38 bits per heavy atom. The zero-order chi connectivity index (χ0) is 15.5. The molecule has 2 N–H and O–H groups in total. The Labute approximate surface area is 131 Å². The summed E-state index contributed by atoms with van der Waals surface area (Å²) in [4.78, 5) is 0.278. The fourth-order valence-corrected chi connectivity index (χ4v) is 5.47. The van der Waals surface area contributed by atoms with Gasteiger partial charge in [0.15, 0.2) is 0 Å². The van der Waals surface area contributed by atoms with Crippen molar-refractivity contribution in [3.05, 3.63) is 29.3 Å². The number of aryl methyl sites for hydroxylation is 1. The molecular formula is C15H23NO3S2. The summed E-state index contributed by atoms with van der Waals surface area (Å²) < 4.78 is 27.9. The average Bonchev–Trinajstić information content (AvgIpc) is 2.86. The Bertz CT molecular complexity index is 587. The SMILES string of the molecule is CCSC1CCC(NS(=O)(=O)c2cc(CO)ccc2C)C1. The molecule has 0 saturated heterocycles. The van der Waals surface area contributed by atoms with Gasteiger partial charge < -0.3 is 5.11 Å². The Morgan fingerprint density at radius 3 is 2.81 bits per heavy atom. The Balaban J connectivity index is 2.12. The van der Waals surface area contributed by atoms with Crippen LogP contribution in [0.1, 0.15) is 37.3 Å². The molecule has 0 aliphatic heterocycles. The fraction of sp³-hybridized carbons (Fsp3) is 0.600. The van der Waals surface area contributed by atoms with Gasteiger partial charge in [-0.15, -0.1) is 0 Å². The minimum absolute atomic E-state index is 0.0243. The molecule has 118 valence electrons. The normalized spacial score (nSPS) is 22.6. The van der Waals surface area contributed by atoms with Gasteiger partial charge in [-0.25, -0.2) is 13.1 Å². The smallest absolute Gasteiger partial charge is 0.241 e. The Morgan fingerprint density at radius 2 is 2.14 bits per heavy atom. The molecule has 1 aromatic rings. The van der Waals surface area contributed by atoms with E-state index in [2.05, 4.69) is 11.6 Å². The number of aliphatic hydroxyl groups excluding tert-OH is 1. The summed E-state index contributed by atoms with van der Waals surface area (Å²) in [7, 11) is -3.52. The standard InChI is InChI=1S/C15H23NO3S2/c1-3-20-14-7-6-13(9-14)16-21(18,19)15-8-12(10-17)5-4-11(15)2/h4-5,8,13-14,16-17H,3,6-7,9-10H2,1-2H3. The van der Waals surface area contributed by atoms with Crippen LogP contribution in [-0.2, 0) is 16.6 Å². The van der Waals surface area contributed by atoms with E-state index in [9.17, 15) is 13.5 Å². The molecule has 1 aliphatic rings. The van der Waals surface area contributed by atoms with Crippen LogP contribution >= 0.6 is 11.8 Å². The van der Waals surface area contributed by atoms with Crippen molar-refractivity contribution in [1.29, 1.82) is 0 Å². The first-order valence-electron chi connectivity index (χ1n) is 7.30. The quantitative estimate of drug-likeness (QED) is 0.841. The summed E-state index contributed by atoms with van der Waals surface area (Å²) >= 11 is 1.91. The van der Waals surface area contributed by atoms with E-state index in [0.717, 1.165) is 25.0 Å². The zero-order valence-electron chi connectivity index (χ0n) is 12.5. The maximum atomic E-state index is 12.5. The molecule has 0 bridgehead atoms. The number of nitrogens with one attached hydrogen (secondary N) is 1. The molecule has 1 aliphatic carbocycles. The molecule has 6 heteroatoms. The van der Waals surface area contributed by atoms with Gasteiger partial charge in [-0.3, -0.25) is 0 Å². The van der Waals surface area contributed by atoms with E-state index in [-0.39, 0.29) is 17.5 Å². The molecular weight excluding hydrogens is 306 g/mol. The van der Waals surface area contributed by atoms with Crippen molar-refractivity contribution in [2.45, 2.75) is 55.9 Å². The van der Waals surface area contributed by atoms with Crippen LogP contribution < -0.4 is 4.72 Å². The van der Waals surface area contributed by atoms with Crippen LogP contribution in [0.2, 0.25) is 0 Å². The van der Waals surface area contributed by atoms with Crippen LogP contribution in [0, 0.1) is 6.92 Å². The van der Waals surface area contributed by atoms with Crippen molar-refractivity contribution in [3.63, 3.8) is 0 Å². The number of sulfonamides is 1. The topological polar surface area (TPSA) is 66.4 Å². The van der Waals surface area contributed by atoms with Crippen molar-refractivity contribution in [3.8, 4) is 0 Å². The van der Waals surface area contributed by atoms with Crippen molar-refractivity contribution < 1.29 is 13.5 Å². The third-order valence-corrected chi connectivity index (χ3v) is 6.73. The van der Waals surface area contributed by atoms with E-state index in [1.165, 1.54) is 0 Å². The Hall–Kier alpha value is -0.560. The van der Waals surface area contributed by atoms with Gasteiger partial charge >= 0.3 is 0 Å². The third-order valence-electron chi connectivity index (χ3n) is 3.83. The van der Waals surface area contributed by atoms with Crippen molar-refractivity contribution in [1.82, 2.24) is 4.72 Å². The average molecular weight is 329 g/mol. The summed E-state index contributed by atoms with van der Waals surface area (Å²) in [5.74, 6) is 1.07. The molecule has 0 amide bonds. The number of hydrogen-bond acceptors (Lipinski definition) is 4. The second kappa shape index (κ2) is 7.13. The van der Waals surface area contributed by atoms with Crippen LogP contribution in [0.3, 0.4) is 0 Å². The number of benzene rings is 1. The summed E-state index contributed by atoms with van der Waals surface area (Å²) in [6, 6.07) is 5.07. The second-order valence-corrected chi connectivity index (χ2v) is 8.73. The van der Waals surface area contributed by atoms with Crippen LogP contribution in [0.15, 0.2) is 23.1 Å². The first kappa shape index (κ1) is 16.8. The third kappa shape index (κ3) is 4.22. The highest BCUT2D eigenvalue weighted by atomic mass is 32.2. The van der Waals surface area contributed by atoms with Crippen LogP contribution in [0.5, 0.6) is 0 Å². The summed E-state index contributed by atoms with van der Waals surface area (Å²) in [6.45, 7) is 3.76. The molecule has 1 aromatic carbocycles. The number of hydrogen-bond donors (Lipinski definition) is 2. The molecule has 2 rings (SSSR count). The fourth-order valence-electron chi connectivity index (χ4n) is 2.75. The van der Waals surface area contributed by atoms with Gasteiger partial charge in [0, 0.05) is 11.3 Å². The predicted molar refractivity (Wildman–Crippen MR) is 87.0 cm³/mol. The summed E-state index contributed by atoms with van der Waals surface area (Å²) in [5, 5.41) is 9.74. The highest BCUT2D eigenvalue weighted by Gasteiger charge is 2.29. The van der Waals surface area contributed by atoms with Gasteiger partial charge in [0.1, 0.15) is 0 Å². The van der Waals surface area contributed by atoms with Crippen molar-refractivity contribution in [2.24, 2.45) is 0 Å². The van der Waals surface area contributed by atoms with Gasteiger partial charge in [-0.05, 0) is 49.1 Å². The molecule has 0 radical (unpaired) electrons. The first-order chi connectivity index (χ1) is 9.96. The maximum absolute atomic E-state index is 12.5. The lowest BCUT2D eigenvalue weighted by Gasteiger charge is -2.15. The highest BCUT2D eigenvalue weighted by Crippen LogP contribution is 2.30. The van der Waals surface area contributed by atoms with E-state index in [0.29, 0.717) is 16.4 Å². The molecule has 1 fully saturated rings. The largest absolute Gasteiger partial charge is 0.392 e. The number of rotatable bonds is 6. The summed E-state index contributed by atoms with van der Waals surface area (Å²) in [5.41, 5.74) is 1.32. The first-order valence-corrected chi connectivity index (χ1v) is 9.83. The van der Waals surface area contributed by atoms with Crippen molar-refractivity contribution >= 4 is 21.8 Å². The minimum atomic E-state index is -3.52.